The standard InChI is InChI=1S/C16H32N2O/c1-5-16(6-2,12-17)15(19)18-9-7-8-14(11-18)10-13(3)4/h13-14H,5-12,17H2,1-4H3. The molecule has 0 radical (unpaired) electrons. The van der Waals surface area contributed by atoms with Crippen LogP contribution in [0.5, 0.6) is 0 Å². The molecular formula is C16H32N2O. The van der Waals surface area contributed by atoms with Crippen LogP contribution >= 0.6 is 0 Å². The summed E-state index contributed by atoms with van der Waals surface area (Å²) in [4.78, 5) is 14.9. The number of hydrogen-bond acceptors (Lipinski definition) is 2. The quantitative estimate of drug-likeness (QED) is 0.805. The Morgan fingerprint density at radius 3 is 2.47 bits per heavy atom. The molecule has 3 nitrogen and oxygen atoms in total. The van der Waals surface area contributed by atoms with E-state index in [-0.39, 0.29) is 5.41 Å². The molecule has 1 fully saturated rings. The summed E-state index contributed by atoms with van der Waals surface area (Å²) in [5, 5.41) is 0. The van der Waals surface area contributed by atoms with Gasteiger partial charge in [-0.3, -0.25) is 4.79 Å². The smallest absolute Gasteiger partial charge is 0.230 e. The van der Waals surface area contributed by atoms with E-state index in [9.17, 15) is 4.79 Å². The van der Waals surface area contributed by atoms with E-state index < -0.39 is 0 Å². The van der Waals surface area contributed by atoms with Crippen LogP contribution in [-0.4, -0.2) is 30.4 Å². The molecule has 1 rings (SSSR count). The lowest BCUT2D eigenvalue weighted by molar-refractivity contribution is -0.144. The summed E-state index contributed by atoms with van der Waals surface area (Å²) >= 11 is 0. The molecule has 0 bridgehead atoms. The largest absolute Gasteiger partial charge is 0.342 e. The van der Waals surface area contributed by atoms with Gasteiger partial charge in [0, 0.05) is 19.6 Å². The SMILES string of the molecule is CCC(CC)(CN)C(=O)N1CCCC(CC(C)C)C1. The van der Waals surface area contributed by atoms with Crippen molar-refractivity contribution in [1.29, 1.82) is 0 Å². The first-order chi connectivity index (χ1) is 8.99. The molecule has 0 aliphatic carbocycles. The van der Waals surface area contributed by atoms with Crippen molar-refractivity contribution in [2.45, 2.75) is 59.8 Å². The van der Waals surface area contributed by atoms with Crippen LogP contribution in [0, 0.1) is 17.3 Å². The van der Waals surface area contributed by atoms with Crippen molar-refractivity contribution >= 4 is 5.91 Å². The van der Waals surface area contributed by atoms with Crippen molar-refractivity contribution < 1.29 is 4.79 Å². The second-order valence-corrected chi connectivity index (χ2v) is 6.58. The Kier molecular flexibility index (Phi) is 6.31. The third-order valence-corrected chi connectivity index (χ3v) is 4.81. The van der Waals surface area contributed by atoms with E-state index in [1.54, 1.807) is 0 Å². The zero-order chi connectivity index (χ0) is 14.5. The minimum atomic E-state index is -0.320. The van der Waals surface area contributed by atoms with E-state index in [0.29, 0.717) is 18.4 Å². The van der Waals surface area contributed by atoms with Crippen LogP contribution < -0.4 is 5.73 Å². The molecule has 1 amide bonds. The van der Waals surface area contributed by atoms with Crippen LogP contribution in [-0.2, 0) is 4.79 Å². The van der Waals surface area contributed by atoms with Crippen LogP contribution in [0.15, 0.2) is 0 Å². The maximum absolute atomic E-state index is 12.8. The summed E-state index contributed by atoms with van der Waals surface area (Å²) in [6, 6.07) is 0. The van der Waals surface area contributed by atoms with Crippen LogP contribution in [0.4, 0.5) is 0 Å². The van der Waals surface area contributed by atoms with Gasteiger partial charge in [-0.1, -0.05) is 27.7 Å². The molecule has 0 aromatic carbocycles. The first-order valence-electron chi connectivity index (χ1n) is 7.98. The number of hydrogen-bond donors (Lipinski definition) is 1. The first-order valence-corrected chi connectivity index (χ1v) is 7.98. The van der Waals surface area contributed by atoms with Crippen LogP contribution in [0.2, 0.25) is 0 Å². The van der Waals surface area contributed by atoms with Gasteiger partial charge >= 0.3 is 0 Å². The maximum atomic E-state index is 12.8. The highest BCUT2D eigenvalue weighted by Gasteiger charge is 2.38. The van der Waals surface area contributed by atoms with Gasteiger partial charge in [-0.25, -0.2) is 0 Å². The van der Waals surface area contributed by atoms with Crippen molar-refractivity contribution in [1.82, 2.24) is 4.90 Å². The highest BCUT2D eigenvalue weighted by atomic mass is 16.2. The summed E-state index contributed by atoms with van der Waals surface area (Å²) in [5.74, 6) is 1.70. The Morgan fingerprint density at radius 2 is 2.00 bits per heavy atom. The van der Waals surface area contributed by atoms with Crippen molar-refractivity contribution in [3.05, 3.63) is 0 Å². The predicted molar refractivity (Wildman–Crippen MR) is 80.8 cm³/mol. The van der Waals surface area contributed by atoms with E-state index in [1.165, 1.54) is 12.8 Å². The number of rotatable bonds is 6. The van der Waals surface area contributed by atoms with Gasteiger partial charge in [0.1, 0.15) is 0 Å². The van der Waals surface area contributed by atoms with E-state index in [2.05, 4.69) is 32.6 Å². The zero-order valence-corrected chi connectivity index (χ0v) is 13.2. The molecule has 1 heterocycles. The first kappa shape index (κ1) is 16.5. The second kappa shape index (κ2) is 7.28. The Labute approximate surface area is 118 Å². The molecule has 2 N–H and O–H groups in total. The van der Waals surface area contributed by atoms with Gasteiger partial charge in [0.15, 0.2) is 0 Å². The topological polar surface area (TPSA) is 46.3 Å². The number of nitrogens with zero attached hydrogens (tertiary/aromatic N) is 1. The van der Waals surface area contributed by atoms with Crippen molar-refractivity contribution in [2.24, 2.45) is 23.0 Å². The molecule has 1 aliphatic heterocycles. The highest BCUT2D eigenvalue weighted by molar-refractivity contribution is 5.83. The third kappa shape index (κ3) is 3.95. The predicted octanol–water partition coefficient (Wildman–Crippen LogP) is 3.04. The lowest BCUT2D eigenvalue weighted by atomic mass is 9.79. The van der Waals surface area contributed by atoms with Crippen LogP contribution in [0.1, 0.15) is 59.8 Å². The van der Waals surface area contributed by atoms with Crippen LogP contribution in [0.3, 0.4) is 0 Å². The van der Waals surface area contributed by atoms with E-state index >= 15 is 0 Å². The van der Waals surface area contributed by atoms with Gasteiger partial charge < -0.3 is 10.6 Å². The molecule has 1 saturated heterocycles. The molecule has 1 aliphatic rings. The minimum absolute atomic E-state index is 0.299. The molecule has 19 heavy (non-hydrogen) atoms. The van der Waals surface area contributed by atoms with Gasteiger partial charge in [0.05, 0.1) is 5.41 Å². The monoisotopic (exact) mass is 268 g/mol. The van der Waals surface area contributed by atoms with Gasteiger partial charge in [0.2, 0.25) is 5.91 Å². The molecular weight excluding hydrogens is 236 g/mol. The molecule has 1 unspecified atom stereocenters. The summed E-state index contributed by atoms with van der Waals surface area (Å²) in [6.45, 7) is 11.1. The summed E-state index contributed by atoms with van der Waals surface area (Å²) in [7, 11) is 0. The highest BCUT2D eigenvalue weighted by Crippen LogP contribution is 2.31. The molecule has 0 spiro atoms. The number of nitrogens with two attached hydrogens (primary N) is 1. The Bertz CT molecular complexity index is 276. The Balaban J connectivity index is 2.70. The lowest BCUT2D eigenvalue weighted by Crippen LogP contribution is -2.50. The fraction of sp³-hybridized carbons (Fsp3) is 0.938. The average molecular weight is 268 g/mol. The molecule has 112 valence electrons. The van der Waals surface area contributed by atoms with Crippen LogP contribution in [0.25, 0.3) is 0 Å². The third-order valence-electron chi connectivity index (χ3n) is 4.81. The van der Waals surface area contributed by atoms with E-state index in [1.807, 2.05) is 0 Å². The molecule has 3 heteroatoms. The van der Waals surface area contributed by atoms with Crippen molar-refractivity contribution in [2.75, 3.05) is 19.6 Å². The normalized spacial score (nSPS) is 20.9. The van der Waals surface area contributed by atoms with E-state index in [4.69, 9.17) is 5.73 Å². The zero-order valence-electron chi connectivity index (χ0n) is 13.2. The van der Waals surface area contributed by atoms with Gasteiger partial charge in [-0.15, -0.1) is 0 Å². The number of piperidine rings is 1. The second-order valence-electron chi connectivity index (χ2n) is 6.58. The van der Waals surface area contributed by atoms with E-state index in [0.717, 1.165) is 38.3 Å². The fourth-order valence-electron chi connectivity index (χ4n) is 3.37. The lowest BCUT2D eigenvalue weighted by Gasteiger charge is -2.40. The van der Waals surface area contributed by atoms with Crippen molar-refractivity contribution in [3.63, 3.8) is 0 Å². The molecule has 0 aromatic heterocycles. The summed E-state index contributed by atoms with van der Waals surface area (Å²) in [5.41, 5.74) is 5.58. The Hall–Kier alpha value is -0.570. The van der Waals surface area contributed by atoms with Gasteiger partial charge in [-0.05, 0) is 43.9 Å². The molecule has 0 saturated carbocycles. The van der Waals surface area contributed by atoms with Gasteiger partial charge in [-0.2, -0.15) is 0 Å². The van der Waals surface area contributed by atoms with Gasteiger partial charge in [0.25, 0.3) is 0 Å². The number of carbonyl (C=O) groups is 1. The molecule has 0 aromatic rings. The van der Waals surface area contributed by atoms with Crippen molar-refractivity contribution in [3.8, 4) is 0 Å². The number of likely N-dealkylation sites (tertiary alicyclic amines) is 1. The number of carbonyl (C=O) groups excluding carboxylic acids is 1. The maximum Gasteiger partial charge on any atom is 0.230 e. The summed E-state index contributed by atoms with van der Waals surface area (Å²) < 4.78 is 0. The molecule has 1 atom stereocenters. The average Bonchev–Trinajstić information content (AvgIpc) is 2.40. The fourth-order valence-corrected chi connectivity index (χ4v) is 3.37. The summed E-state index contributed by atoms with van der Waals surface area (Å²) in [6.07, 6.45) is 5.36. The Morgan fingerprint density at radius 1 is 1.37 bits per heavy atom. The minimum Gasteiger partial charge on any atom is -0.342 e. The number of amides is 1.